The van der Waals surface area contributed by atoms with Gasteiger partial charge in [0.15, 0.2) is 5.82 Å². The predicted octanol–water partition coefficient (Wildman–Crippen LogP) is 1.86. The number of amides is 1. The second-order valence-electron chi connectivity index (χ2n) is 7.23. The van der Waals surface area contributed by atoms with Gasteiger partial charge in [0, 0.05) is 31.4 Å². The van der Waals surface area contributed by atoms with E-state index in [1.807, 2.05) is 23.1 Å². The molecule has 2 aliphatic rings. The average molecular weight is 375 g/mol. The molecule has 1 saturated heterocycles. The lowest BCUT2D eigenvalue weighted by Crippen LogP contribution is -2.45. The SMILES string of the molecule is O=C(C1CCCN(c2cc(-n3cncn3)ncn2)C1)N1CCc2ccccc21. The van der Waals surface area contributed by atoms with E-state index in [1.165, 1.54) is 18.2 Å². The first-order chi connectivity index (χ1) is 13.8. The fraction of sp³-hybridized carbons (Fsp3) is 0.350. The highest BCUT2D eigenvalue weighted by Gasteiger charge is 2.33. The van der Waals surface area contributed by atoms with E-state index in [1.54, 1.807) is 11.0 Å². The quantitative estimate of drug-likeness (QED) is 0.695. The number of hydrogen-bond donors (Lipinski definition) is 0. The highest BCUT2D eigenvalue weighted by Crippen LogP contribution is 2.31. The molecule has 0 spiro atoms. The lowest BCUT2D eigenvalue weighted by Gasteiger charge is -2.34. The molecule has 0 saturated carbocycles. The Morgan fingerprint density at radius 1 is 1.07 bits per heavy atom. The van der Waals surface area contributed by atoms with Gasteiger partial charge in [0.05, 0.1) is 5.92 Å². The van der Waals surface area contributed by atoms with Crippen LogP contribution in [-0.4, -0.2) is 50.3 Å². The van der Waals surface area contributed by atoms with Crippen LogP contribution in [0.5, 0.6) is 0 Å². The number of carbonyl (C=O) groups is 1. The van der Waals surface area contributed by atoms with E-state index >= 15 is 0 Å². The van der Waals surface area contributed by atoms with Crippen LogP contribution < -0.4 is 9.80 Å². The first-order valence-electron chi connectivity index (χ1n) is 9.61. The van der Waals surface area contributed by atoms with Gasteiger partial charge >= 0.3 is 0 Å². The minimum Gasteiger partial charge on any atom is -0.356 e. The number of para-hydroxylation sites is 1. The van der Waals surface area contributed by atoms with Gasteiger partial charge in [0.1, 0.15) is 24.8 Å². The first kappa shape index (κ1) is 16.9. The van der Waals surface area contributed by atoms with Crippen molar-refractivity contribution in [1.82, 2.24) is 24.7 Å². The van der Waals surface area contributed by atoms with Gasteiger partial charge < -0.3 is 9.80 Å². The third-order valence-corrected chi connectivity index (χ3v) is 5.54. The summed E-state index contributed by atoms with van der Waals surface area (Å²) >= 11 is 0. The molecule has 4 heterocycles. The third-order valence-electron chi connectivity index (χ3n) is 5.54. The smallest absolute Gasteiger partial charge is 0.231 e. The van der Waals surface area contributed by atoms with Crippen LogP contribution in [0.3, 0.4) is 0 Å². The molecule has 0 radical (unpaired) electrons. The summed E-state index contributed by atoms with van der Waals surface area (Å²) in [7, 11) is 0. The maximum absolute atomic E-state index is 13.2. The number of fused-ring (bicyclic) bond motifs is 1. The van der Waals surface area contributed by atoms with Crippen LogP contribution >= 0.6 is 0 Å². The van der Waals surface area contributed by atoms with Gasteiger partial charge in [-0.2, -0.15) is 5.10 Å². The Balaban J connectivity index is 1.34. The normalized spacial score (nSPS) is 18.9. The average Bonchev–Trinajstić information content (AvgIpc) is 3.44. The summed E-state index contributed by atoms with van der Waals surface area (Å²) in [5.74, 6) is 1.69. The summed E-state index contributed by atoms with van der Waals surface area (Å²) in [6, 6.07) is 10.1. The highest BCUT2D eigenvalue weighted by molar-refractivity contribution is 5.97. The topological polar surface area (TPSA) is 80.0 Å². The van der Waals surface area contributed by atoms with E-state index in [4.69, 9.17) is 0 Å². The van der Waals surface area contributed by atoms with Crippen molar-refractivity contribution in [2.75, 3.05) is 29.4 Å². The Hall–Kier alpha value is -3.29. The third kappa shape index (κ3) is 3.00. The predicted molar refractivity (Wildman–Crippen MR) is 104 cm³/mol. The molecule has 1 unspecified atom stereocenters. The maximum Gasteiger partial charge on any atom is 0.231 e. The molecule has 0 bridgehead atoms. The number of benzene rings is 1. The highest BCUT2D eigenvalue weighted by atomic mass is 16.2. The summed E-state index contributed by atoms with van der Waals surface area (Å²) in [5.41, 5.74) is 2.33. The molecule has 1 fully saturated rings. The molecule has 1 amide bonds. The van der Waals surface area contributed by atoms with Gasteiger partial charge in [0.25, 0.3) is 0 Å². The molecule has 0 N–H and O–H groups in total. The number of piperidine rings is 1. The van der Waals surface area contributed by atoms with Crippen LogP contribution in [0.25, 0.3) is 5.82 Å². The van der Waals surface area contributed by atoms with E-state index in [9.17, 15) is 4.79 Å². The molecule has 1 aromatic carbocycles. The van der Waals surface area contributed by atoms with E-state index in [0.29, 0.717) is 12.4 Å². The van der Waals surface area contributed by atoms with Crippen molar-refractivity contribution in [2.45, 2.75) is 19.3 Å². The maximum atomic E-state index is 13.2. The molecule has 8 nitrogen and oxygen atoms in total. The van der Waals surface area contributed by atoms with Crippen LogP contribution in [0.2, 0.25) is 0 Å². The Kier molecular flexibility index (Phi) is 4.23. The summed E-state index contributed by atoms with van der Waals surface area (Å²) in [5, 5.41) is 4.13. The second-order valence-corrected chi connectivity index (χ2v) is 7.23. The molecular weight excluding hydrogens is 354 g/mol. The molecule has 1 atom stereocenters. The van der Waals surface area contributed by atoms with Crippen molar-refractivity contribution < 1.29 is 4.79 Å². The molecular formula is C20H21N7O. The zero-order valence-corrected chi connectivity index (χ0v) is 15.5. The largest absolute Gasteiger partial charge is 0.356 e. The van der Waals surface area contributed by atoms with E-state index in [2.05, 4.69) is 37.1 Å². The second kappa shape index (κ2) is 7.03. The van der Waals surface area contributed by atoms with Gasteiger partial charge in [-0.1, -0.05) is 18.2 Å². The molecule has 142 valence electrons. The fourth-order valence-corrected chi connectivity index (χ4v) is 4.14. The number of aromatic nitrogens is 5. The Morgan fingerprint density at radius 3 is 2.86 bits per heavy atom. The molecule has 5 rings (SSSR count). The monoisotopic (exact) mass is 375 g/mol. The van der Waals surface area contributed by atoms with Gasteiger partial charge in [-0.15, -0.1) is 0 Å². The summed E-state index contributed by atoms with van der Waals surface area (Å²) < 4.78 is 1.61. The van der Waals surface area contributed by atoms with Gasteiger partial charge in [-0.25, -0.2) is 19.6 Å². The van der Waals surface area contributed by atoms with Crippen molar-refractivity contribution in [3.05, 3.63) is 54.9 Å². The van der Waals surface area contributed by atoms with E-state index < -0.39 is 0 Å². The van der Waals surface area contributed by atoms with Crippen molar-refractivity contribution in [2.24, 2.45) is 5.92 Å². The molecule has 2 aliphatic heterocycles. The number of carbonyl (C=O) groups excluding carboxylic acids is 1. The number of nitrogens with zero attached hydrogens (tertiary/aromatic N) is 7. The number of rotatable bonds is 3. The van der Waals surface area contributed by atoms with Crippen LogP contribution in [0.4, 0.5) is 11.5 Å². The minimum absolute atomic E-state index is 0.0234. The zero-order valence-electron chi connectivity index (χ0n) is 15.5. The van der Waals surface area contributed by atoms with Gasteiger partial charge in [-0.3, -0.25) is 4.79 Å². The fourth-order valence-electron chi connectivity index (χ4n) is 4.14. The van der Waals surface area contributed by atoms with E-state index in [-0.39, 0.29) is 11.8 Å². The molecule has 3 aromatic rings. The number of hydrogen-bond acceptors (Lipinski definition) is 6. The van der Waals surface area contributed by atoms with E-state index in [0.717, 1.165) is 43.9 Å². The van der Waals surface area contributed by atoms with Crippen LogP contribution in [0.15, 0.2) is 49.3 Å². The van der Waals surface area contributed by atoms with Crippen molar-refractivity contribution in [3.63, 3.8) is 0 Å². The van der Waals surface area contributed by atoms with Gasteiger partial charge in [-0.05, 0) is 30.9 Å². The summed E-state index contributed by atoms with van der Waals surface area (Å²) in [4.78, 5) is 30.0. The number of anilines is 2. The standard InChI is InChI=1S/C20H21N7O/c28-20(26-9-7-15-4-1-2-6-17(15)26)16-5-3-8-25(11-16)18-10-19(23-13-22-18)27-14-21-12-24-27/h1-2,4,6,10,12-14,16H,3,5,7-9,11H2. The first-order valence-corrected chi connectivity index (χ1v) is 9.61. The molecule has 28 heavy (non-hydrogen) atoms. The minimum atomic E-state index is -0.0234. The van der Waals surface area contributed by atoms with Gasteiger partial charge in [0.2, 0.25) is 5.91 Å². The summed E-state index contributed by atoms with van der Waals surface area (Å²) in [6.07, 6.45) is 7.44. The zero-order chi connectivity index (χ0) is 18.9. The Bertz CT molecular complexity index is 988. The van der Waals surface area contributed by atoms with Crippen molar-refractivity contribution in [3.8, 4) is 5.82 Å². The molecule has 2 aromatic heterocycles. The van der Waals surface area contributed by atoms with Crippen molar-refractivity contribution in [1.29, 1.82) is 0 Å². The molecule has 0 aliphatic carbocycles. The van der Waals surface area contributed by atoms with Crippen molar-refractivity contribution >= 4 is 17.4 Å². The van der Waals surface area contributed by atoms with Crippen LogP contribution in [0, 0.1) is 5.92 Å². The lowest BCUT2D eigenvalue weighted by atomic mass is 9.96. The van der Waals surface area contributed by atoms with Crippen LogP contribution in [0.1, 0.15) is 18.4 Å². The Morgan fingerprint density at radius 2 is 1.96 bits per heavy atom. The Labute approximate surface area is 162 Å². The summed E-state index contributed by atoms with van der Waals surface area (Å²) in [6.45, 7) is 2.33. The molecule has 8 heteroatoms. The lowest BCUT2D eigenvalue weighted by molar-refractivity contribution is -0.122. The van der Waals surface area contributed by atoms with Crippen LogP contribution in [-0.2, 0) is 11.2 Å².